The first-order valence-corrected chi connectivity index (χ1v) is 28.5. The van der Waals surface area contributed by atoms with E-state index in [1.165, 1.54) is 5.56 Å². The molecule has 6 aromatic rings. The van der Waals surface area contributed by atoms with Crippen LogP contribution in [0.2, 0.25) is 0 Å². The fraction of sp³-hybridized carbons (Fsp3) is 0.459. The zero-order valence-electron chi connectivity index (χ0n) is 47.4. The number of pyridine rings is 2. The Morgan fingerprint density at radius 1 is 0.580 bits per heavy atom. The zero-order chi connectivity index (χ0) is 56.9. The summed E-state index contributed by atoms with van der Waals surface area (Å²) in [6.07, 6.45) is 3.37. The van der Waals surface area contributed by atoms with Crippen LogP contribution in [-0.2, 0) is 30.9 Å². The van der Waals surface area contributed by atoms with Gasteiger partial charge in [0.05, 0.1) is 22.4 Å². The standard InChI is InChI=1S/C33H43N5O6.C28H35N5O4/c1-5-34-31(40)35-26-7-6-8-27-25(26)10-12-30(39)37(27)18-17-36-15-13-24(14-16-36)38(32(41)44-33(2,3)4)22-23-9-11-28-29(21-23)43-20-19-42-28;1-2-29-28(35)31-23-4-3-5-24-22(23)7-9-27(34)33(24)15-14-32-12-10-21(11-13-32)30-19-20-6-8-25-26(18-20)37-17-16-36-25/h6-12,21,24H,5,13-20,22H2,1-4H3,(H2,34,35,40);3-9,18,21,30H,2,10-17,19H2,1H3,(H2,29,31,35). The quantitative estimate of drug-likeness (QED) is 0.0623. The number of anilines is 2. The van der Waals surface area contributed by atoms with Gasteiger partial charge in [0.1, 0.15) is 32.0 Å². The third-order valence-electron chi connectivity index (χ3n) is 14.9. The second kappa shape index (κ2) is 27.1. The minimum Gasteiger partial charge on any atom is -0.486 e. The zero-order valence-corrected chi connectivity index (χ0v) is 47.4. The molecule has 0 unspecified atom stereocenters. The van der Waals surface area contributed by atoms with Gasteiger partial charge in [-0.3, -0.25) is 9.59 Å². The van der Waals surface area contributed by atoms with Gasteiger partial charge in [0.15, 0.2) is 23.0 Å². The van der Waals surface area contributed by atoms with Crippen LogP contribution in [0.3, 0.4) is 0 Å². The summed E-state index contributed by atoms with van der Waals surface area (Å²) >= 11 is 0. The lowest BCUT2D eigenvalue weighted by Crippen LogP contribution is -2.49. The molecule has 0 atom stereocenters. The first kappa shape index (κ1) is 57.9. The number of ether oxygens (including phenoxy) is 5. The van der Waals surface area contributed by atoms with Crippen molar-refractivity contribution < 1.29 is 38.1 Å². The maximum absolute atomic E-state index is 13.4. The molecule has 0 saturated carbocycles. The van der Waals surface area contributed by atoms with Gasteiger partial charge >= 0.3 is 18.2 Å². The van der Waals surface area contributed by atoms with Crippen LogP contribution in [0.15, 0.2) is 107 Å². The third-order valence-corrected chi connectivity index (χ3v) is 14.9. The van der Waals surface area contributed by atoms with Gasteiger partial charge in [0.25, 0.3) is 11.1 Å². The van der Waals surface area contributed by atoms with Gasteiger partial charge in [-0.1, -0.05) is 24.3 Å². The molecule has 20 nitrogen and oxygen atoms in total. The number of amides is 5. The fourth-order valence-electron chi connectivity index (χ4n) is 10.8. The summed E-state index contributed by atoms with van der Waals surface area (Å²) in [5.74, 6) is 3.07. The van der Waals surface area contributed by atoms with E-state index in [1.807, 2.05) is 105 Å². The molecule has 0 aliphatic carbocycles. The molecular weight excluding hydrogens is 1030 g/mol. The number of nitrogens with one attached hydrogen (secondary N) is 5. The maximum atomic E-state index is 13.4. The molecule has 2 saturated heterocycles. The number of hydrogen-bond acceptors (Lipinski definition) is 13. The second-order valence-corrected chi connectivity index (χ2v) is 21.7. The summed E-state index contributed by atoms with van der Waals surface area (Å²) in [5, 5.41) is 16.6. The summed E-state index contributed by atoms with van der Waals surface area (Å²) in [4.78, 5) is 69.8. The van der Waals surface area contributed by atoms with E-state index in [0.29, 0.717) is 88.9 Å². The number of rotatable bonds is 16. The fourth-order valence-corrected chi connectivity index (χ4v) is 10.8. The smallest absolute Gasteiger partial charge is 0.410 e. The van der Waals surface area contributed by atoms with Crippen molar-refractivity contribution in [3.63, 3.8) is 0 Å². The Hall–Kier alpha value is -7.81. The van der Waals surface area contributed by atoms with E-state index in [1.54, 1.807) is 28.8 Å². The molecule has 5 N–H and O–H groups in total. The van der Waals surface area contributed by atoms with E-state index in [2.05, 4.69) is 48.5 Å². The van der Waals surface area contributed by atoms with Crippen LogP contribution >= 0.6 is 0 Å². The number of carbonyl (C=O) groups excluding carboxylic acids is 3. The number of benzene rings is 4. The minimum absolute atomic E-state index is 0.0116. The molecular formula is C61H78N10O10. The highest BCUT2D eigenvalue weighted by molar-refractivity contribution is 6.01. The van der Waals surface area contributed by atoms with Crippen LogP contribution in [-0.4, -0.2) is 138 Å². The van der Waals surface area contributed by atoms with Gasteiger partial charge in [-0.15, -0.1) is 0 Å². The van der Waals surface area contributed by atoms with Gasteiger partial charge in [-0.05, 0) is 145 Å². The molecule has 10 rings (SSSR count). The first-order valence-electron chi connectivity index (χ1n) is 28.5. The van der Waals surface area contributed by atoms with Crippen LogP contribution in [0, 0.1) is 0 Å². The third kappa shape index (κ3) is 15.4. The van der Waals surface area contributed by atoms with Gasteiger partial charge in [0.2, 0.25) is 0 Å². The number of hydrogen-bond donors (Lipinski definition) is 5. The van der Waals surface area contributed by atoms with Crippen molar-refractivity contribution in [3.05, 3.63) is 129 Å². The molecule has 0 radical (unpaired) electrons. The van der Waals surface area contributed by atoms with Crippen molar-refractivity contribution in [2.75, 3.05) is 89.4 Å². The molecule has 0 bridgehead atoms. The maximum Gasteiger partial charge on any atom is 0.410 e. The number of piperidine rings is 2. The number of likely N-dealkylation sites (tertiary alicyclic amines) is 2. The van der Waals surface area contributed by atoms with Crippen LogP contribution in [0.25, 0.3) is 21.8 Å². The van der Waals surface area contributed by atoms with Gasteiger partial charge in [0, 0.05) is 100 Å². The summed E-state index contributed by atoms with van der Waals surface area (Å²) in [5.41, 5.74) is 4.39. The molecule has 4 aromatic carbocycles. The van der Waals surface area contributed by atoms with Crippen molar-refractivity contribution in [1.82, 2.24) is 39.8 Å². The minimum atomic E-state index is -0.607. The molecule has 2 fully saturated rings. The predicted octanol–water partition coefficient (Wildman–Crippen LogP) is 7.98. The Balaban J connectivity index is 0.000000198. The van der Waals surface area contributed by atoms with Crippen molar-refractivity contribution in [1.29, 1.82) is 0 Å². The second-order valence-electron chi connectivity index (χ2n) is 21.7. The molecule has 4 aliphatic heterocycles. The van der Waals surface area contributed by atoms with Gasteiger partial charge in [-0.25, -0.2) is 14.4 Å². The molecule has 5 amide bonds. The van der Waals surface area contributed by atoms with Gasteiger partial charge < -0.3 is 74.1 Å². The van der Waals surface area contributed by atoms with Crippen LogP contribution in [0.4, 0.5) is 25.8 Å². The molecule has 6 heterocycles. The van der Waals surface area contributed by atoms with Crippen molar-refractivity contribution in [3.8, 4) is 23.0 Å². The summed E-state index contributed by atoms with van der Waals surface area (Å²) in [6.45, 7) is 20.1. The summed E-state index contributed by atoms with van der Waals surface area (Å²) in [6, 6.07) is 29.8. The first-order chi connectivity index (χ1) is 39.2. The highest BCUT2D eigenvalue weighted by Gasteiger charge is 2.32. The lowest BCUT2D eigenvalue weighted by atomic mass is 10.0. The van der Waals surface area contributed by atoms with E-state index >= 15 is 0 Å². The van der Waals surface area contributed by atoms with E-state index in [9.17, 15) is 24.0 Å². The predicted molar refractivity (Wildman–Crippen MR) is 314 cm³/mol. The molecule has 81 heavy (non-hydrogen) atoms. The SMILES string of the molecule is CCNC(=O)Nc1cccc2c1ccc(=O)n2CCN1CCC(N(Cc2ccc3c(c2)OCCO3)C(=O)OC(C)(C)C)CC1.CCNC(=O)Nc1cccc2c1ccc(=O)n2CCN1CCC(NCc2ccc3c(c2)OCCO3)CC1. The lowest BCUT2D eigenvalue weighted by Gasteiger charge is -2.39. The van der Waals surface area contributed by atoms with Crippen LogP contribution in [0.1, 0.15) is 71.4 Å². The van der Waals surface area contributed by atoms with E-state index in [0.717, 1.165) is 110 Å². The average molecular weight is 1110 g/mol. The van der Waals surface area contributed by atoms with Crippen LogP contribution < -0.4 is 56.6 Å². The van der Waals surface area contributed by atoms with Gasteiger partial charge in [-0.2, -0.15) is 0 Å². The number of aromatic nitrogens is 2. The number of urea groups is 2. The Bertz CT molecular complexity index is 3270. The Morgan fingerprint density at radius 2 is 1.05 bits per heavy atom. The monoisotopic (exact) mass is 1110 g/mol. The number of fused-ring (bicyclic) bond motifs is 4. The summed E-state index contributed by atoms with van der Waals surface area (Å²) in [7, 11) is 0. The van der Waals surface area contributed by atoms with E-state index in [-0.39, 0.29) is 35.3 Å². The lowest BCUT2D eigenvalue weighted by molar-refractivity contribution is 0.00561. The topological polar surface area (TPSA) is 211 Å². The highest BCUT2D eigenvalue weighted by atomic mass is 16.6. The summed E-state index contributed by atoms with van der Waals surface area (Å²) < 4.78 is 32.1. The average Bonchev–Trinajstić information content (AvgIpc) is 3.51. The van der Waals surface area contributed by atoms with Crippen molar-refractivity contribution in [2.45, 2.75) is 104 Å². The van der Waals surface area contributed by atoms with Crippen molar-refractivity contribution in [2.24, 2.45) is 0 Å². The molecule has 0 spiro atoms. The molecule has 432 valence electrons. The largest absolute Gasteiger partial charge is 0.486 e. The number of nitrogens with zero attached hydrogens (tertiary/aromatic N) is 5. The van der Waals surface area contributed by atoms with Crippen LogP contribution in [0.5, 0.6) is 23.0 Å². The Labute approximate surface area is 473 Å². The van der Waals surface area contributed by atoms with E-state index < -0.39 is 5.60 Å². The Kier molecular flexibility index (Phi) is 19.4. The number of carbonyl (C=O) groups is 3. The van der Waals surface area contributed by atoms with Crippen molar-refractivity contribution >= 4 is 51.3 Å². The highest BCUT2D eigenvalue weighted by Crippen LogP contribution is 2.33. The molecule has 20 heteroatoms. The molecule has 4 aliphatic rings. The normalized spacial score (nSPS) is 15.8. The Morgan fingerprint density at radius 3 is 1.54 bits per heavy atom. The van der Waals surface area contributed by atoms with E-state index in [4.69, 9.17) is 23.7 Å². The molecule has 2 aromatic heterocycles.